The first-order valence-electron chi connectivity index (χ1n) is 3.73. The van der Waals surface area contributed by atoms with Crippen molar-refractivity contribution in [3.8, 4) is 10.7 Å². The molecule has 2 aromatic heterocycles. The van der Waals surface area contributed by atoms with E-state index in [4.69, 9.17) is 0 Å². The van der Waals surface area contributed by atoms with E-state index in [0.717, 1.165) is 11.3 Å². The zero-order valence-corrected chi connectivity index (χ0v) is 10.7. The SMILES string of the molecule is O=C([O-])c1nnc(-c2ccccn2)s1.[Na+]. The summed E-state index contributed by atoms with van der Waals surface area (Å²) in [6.45, 7) is 0. The fourth-order valence-electron chi connectivity index (χ4n) is 0.898. The van der Waals surface area contributed by atoms with Gasteiger partial charge >= 0.3 is 29.6 Å². The average molecular weight is 229 g/mol. The van der Waals surface area contributed by atoms with Gasteiger partial charge in [0.05, 0.1) is 0 Å². The van der Waals surface area contributed by atoms with E-state index >= 15 is 0 Å². The Kier molecular flexibility index (Phi) is 4.34. The Morgan fingerprint density at radius 1 is 1.33 bits per heavy atom. The number of aromatic nitrogens is 3. The summed E-state index contributed by atoms with van der Waals surface area (Å²) >= 11 is 0.947. The molecule has 0 saturated carbocycles. The topological polar surface area (TPSA) is 78.8 Å². The van der Waals surface area contributed by atoms with Gasteiger partial charge in [0.2, 0.25) is 0 Å². The van der Waals surface area contributed by atoms with Crippen molar-refractivity contribution >= 4 is 17.3 Å². The van der Waals surface area contributed by atoms with Crippen LogP contribution in [0.3, 0.4) is 0 Å². The predicted octanol–water partition coefficient (Wildman–Crippen LogP) is -3.03. The van der Waals surface area contributed by atoms with Gasteiger partial charge in [-0.1, -0.05) is 17.4 Å². The molecule has 0 fully saturated rings. The van der Waals surface area contributed by atoms with Crippen molar-refractivity contribution in [1.82, 2.24) is 15.2 Å². The normalized spacial score (nSPS) is 9.33. The fourth-order valence-corrected chi connectivity index (χ4v) is 1.55. The van der Waals surface area contributed by atoms with Crippen LogP contribution in [0.15, 0.2) is 24.4 Å². The molecule has 0 unspecified atom stereocenters. The maximum absolute atomic E-state index is 10.4. The van der Waals surface area contributed by atoms with Crippen LogP contribution < -0.4 is 34.7 Å². The Bertz CT molecular complexity index is 460. The first kappa shape index (κ1) is 12.3. The molecule has 0 atom stereocenters. The van der Waals surface area contributed by atoms with Gasteiger partial charge in [-0.2, -0.15) is 0 Å². The van der Waals surface area contributed by atoms with Gasteiger partial charge < -0.3 is 9.90 Å². The fraction of sp³-hybridized carbons (Fsp3) is 0. The van der Waals surface area contributed by atoms with E-state index in [-0.39, 0.29) is 34.6 Å². The molecule has 7 heteroatoms. The smallest absolute Gasteiger partial charge is 0.542 e. The van der Waals surface area contributed by atoms with Crippen molar-refractivity contribution in [2.75, 3.05) is 0 Å². The molecule has 5 nitrogen and oxygen atoms in total. The second-order valence-corrected chi connectivity index (χ2v) is 3.39. The number of carboxylic acid groups (broad SMARTS) is 1. The van der Waals surface area contributed by atoms with Crippen molar-refractivity contribution in [2.45, 2.75) is 0 Å². The Morgan fingerprint density at radius 3 is 2.67 bits per heavy atom. The molecule has 0 aliphatic heterocycles. The van der Waals surface area contributed by atoms with E-state index in [0.29, 0.717) is 10.7 Å². The molecule has 0 aliphatic rings. The summed E-state index contributed by atoms with van der Waals surface area (Å²) in [7, 11) is 0. The molecule has 70 valence electrons. The van der Waals surface area contributed by atoms with Gasteiger partial charge in [-0.3, -0.25) is 4.98 Å². The van der Waals surface area contributed by atoms with Gasteiger partial charge in [0.15, 0.2) is 10.0 Å². The maximum Gasteiger partial charge on any atom is 1.00 e. The van der Waals surface area contributed by atoms with E-state index in [1.54, 1.807) is 24.4 Å². The summed E-state index contributed by atoms with van der Waals surface area (Å²) in [4.78, 5) is 14.4. The van der Waals surface area contributed by atoms with E-state index in [2.05, 4.69) is 15.2 Å². The van der Waals surface area contributed by atoms with Crippen LogP contribution >= 0.6 is 11.3 Å². The summed E-state index contributed by atoms with van der Waals surface area (Å²) in [6.07, 6.45) is 1.61. The van der Waals surface area contributed by atoms with Gasteiger partial charge in [-0.15, -0.1) is 10.2 Å². The molecule has 0 aliphatic carbocycles. The first-order chi connectivity index (χ1) is 6.77. The molecule has 0 aromatic carbocycles. The minimum Gasteiger partial charge on any atom is -0.542 e. The second-order valence-electron chi connectivity index (χ2n) is 2.41. The number of hydrogen-bond donors (Lipinski definition) is 0. The molecular weight excluding hydrogens is 225 g/mol. The summed E-state index contributed by atoms with van der Waals surface area (Å²) in [5.74, 6) is -1.32. The van der Waals surface area contributed by atoms with Crippen LogP contribution in [0.25, 0.3) is 10.7 Å². The molecule has 0 spiro atoms. The standard InChI is InChI=1S/C8H5N3O2S.Na/c12-8(13)7-11-10-6(14-7)5-3-1-2-4-9-5;/h1-4H,(H,12,13);/q;+1/p-1. The van der Waals surface area contributed by atoms with Gasteiger partial charge in [-0.05, 0) is 12.1 Å². The number of carboxylic acids is 1. The number of carbonyl (C=O) groups is 1. The average Bonchev–Trinajstić information content (AvgIpc) is 2.68. The number of pyridine rings is 1. The Labute approximate surface area is 111 Å². The third kappa shape index (κ3) is 2.82. The molecule has 0 radical (unpaired) electrons. The molecule has 0 bridgehead atoms. The minimum atomic E-state index is -1.32. The maximum atomic E-state index is 10.4. The van der Waals surface area contributed by atoms with Crippen molar-refractivity contribution in [1.29, 1.82) is 0 Å². The second kappa shape index (κ2) is 5.32. The van der Waals surface area contributed by atoms with Crippen LogP contribution in [0.4, 0.5) is 0 Å². The Balaban J connectivity index is 0.00000112. The van der Waals surface area contributed by atoms with Gasteiger partial charge in [0, 0.05) is 6.20 Å². The molecule has 2 rings (SSSR count). The predicted molar refractivity (Wildman–Crippen MR) is 47.5 cm³/mol. The summed E-state index contributed by atoms with van der Waals surface area (Å²) in [5.41, 5.74) is 0.609. The molecule has 0 N–H and O–H groups in total. The first-order valence-corrected chi connectivity index (χ1v) is 4.55. The van der Waals surface area contributed by atoms with Crippen molar-refractivity contribution in [2.24, 2.45) is 0 Å². The number of nitrogens with zero attached hydrogens (tertiary/aromatic N) is 3. The van der Waals surface area contributed by atoms with Gasteiger partial charge in [-0.25, -0.2) is 0 Å². The van der Waals surface area contributed by atoms with E-state index in [9.17, 15) is 9.90 Å². The molecular formula is C8H4N3NaO2S. The molecule has 0 amide bonds. The molecule has 2 aromatic rings. The van der Waals surface area contributed by atoms with Crippen molar-refractivity contribution in [3.63, 3.8) is 0 Å². The Hall–Kier alpha value is -0.820. The molecule has 2 heterocycles. The van der Waals surface area contributed by atoms with Gasteiger partial charge in [0.1, 0.15) is 11.7 Å². The van der Waals surface area contributed by atoms with Gasteiger partial charge in [0.25, 0.3) is 0 Å². The van der Waals surface area contributed by atoms with Crippen LogP contribution in [0.2, 0.25) is 0 Å². The van der Waals surface area contributed by atoms with E-state index in [1.807, 2.05) is 0 Å². The Morgan fingerprint density at radius 2 is 2.13 bits per heavy atom. The van der Waals surface area contributed by atoms with Crippen LogP contribution in [0.5, 0.6) is 0 Å². The van der Waals surface area contributed by atoms with Crippen LogP contribution in [0, 0.1) is 0 Å². The minimum absolute atomic E-state index is 0. The van der Waals surface area contributed by atoms with Crippen LogP contribution in [0.1, 0.15) is 9.80 Å². The zero-order valence-electron chi connectivity index (χ0n) is 7.88. The van der Waals surface area contributed by atoms with E-state index in [1.165, 1.54) is 0 Å². The quantitative estimate of drug-likeness (QED) is 0.512. The number of aromatic carboxylic acids is 1. The van der Waals surface area contributed by atoms with Crippen LogP contribution in [-0.2, 0) is 0 Å². The number of rotatable bonds is 2. The van der Waals surface area contributed by atoms with Crippen molar-refractivity contribution < 1.29 is 39.5 Å². The largest absolute Gasteiger partial charge is 1.00 e. The molecule has 0 saturated heterocycles. The third-order valence-corrected chi connectivity index (χ3v) is 2.41. The van der Waals surface area contributed by atoms with Crippen LogP contribution in [-0.4, -0.2) is 21.2 Å². The number of carbonyl (C=O) groups excluding carboxylic acids is 1. The molecule has 15 heavy (non-hydrogen) atoms. The van der Waals surface area contributed by atoms with Crippen molar-refractivity contribution in [3.05, 3.63) is 29.4 Å². The van der Waals surface area contributed by atoms with E-state index < -0.39 is 5.97 Å². The summed E-state index contributed by atoms with van der Waals surface area (Å²) < 4.78 is 0. The monoisotopic (exact) mass is 229 g/mol. The summed E-state index contributed by atoms with van der Waals surface area (Å²) in [5, 5.41) is 17.9. The zero-order chi connectivity index (χ0) is 9.97. The summed E-state index contributed by atoms with van der Waals surface area (Å²) in [6, 6.07) is 5.30. The third-order valence-electron chi connectivity index (χ3n) is 1.48. The number of hydrogen-bond acceptors (Lipinski definition) is 6.